The molecule has 1 amide bonds. The molecule has 0 saturated carbocycles. The van der Waals surface area contributed by atoms with Gasteiger partial charge in [-0.2, -0.15) is 5.26 Å². The standard InChI is InChI=1S/C18H17N3O4S/c1-2-11-26(23,24)20-18(22)17-14-7-6-13(25-10-8-19)12-16(14)21-9-4-3-5-15(17)21/h3-7,9,12H,2,10-11H2,1H3,(H,20,22). The lowest BCUT2D eigenvalue weighted by atomic mass is 10.1. The SMILES string of the molecule is CCCS(=O)(=O)NC(=O)c1c2ccc(OCC#N)cc2n2ccccc12. The fourth-order valence-corrected chi connectivity index (χ4v) is 3.90. The maximum Gasteiger partial charge on any atom is 0.267 e. The largest absolute Gasteiger partial charge is 0.479 e. The number of hydrogen-bond acceptors (Lipinski definition) is 5. The number of fused-ring (bicyclic) bond motifs is 3. The van der Waals surface area contributed by atoms with Gasteiger partial charge in [-0.15, -0.1) is 0 Å². The number of amides is 1. The van der Waals surface area contributed by atoms with E-state index in [1.165, 1.54) is 0 Å². The normalized spacial score (nSPS) is 11.4. The van der Waals surface area contributed by atoms with E-state index in [1.807, 2.05) is 12.1 Å². The van der Waals surface area contributed by atoms with Crippen LogP contribution in [-0.2, 0) is 10.0 Å². The molecule has 3 aromatic rings. The Morgan fingerprint density at radius 3 is 2.81 bits per heavy atom. The molecule has 0 atom stereocenters. The number of nitrogens with one attached hydrogen (secondary N) is 1. The number of ether oxygens (including phenoxy) is 1. The van der Waals surface area contributed by atoms with Crippen molar-refractivity contribution in [2.75, 3.05) is 12.4 Å². The molecule has 0 saturated heterocycles. The minimum atomic E-state index is -3.68. The van der Waals surface area contributed by atoms with Crippen LogP contribution in [0.2, 0.25) is 0 Å². The third kappa shape index (κ3) is 3.34. The molecule has 2 heterocycles. The van der Waals surface area contributed by atoms with Gasteiger partial charge in [-0.3, -0.25) is 4.79 Å². The lowest BCUT2D eigenvalue weighted by Gasteiger charge is -2.06. The number of rotatable bonds is 6. The van der Waals surface area contributed by atoms with Crippen molar-refractivity contribution in [2.24, 2.45) is 0 Å². The average Bonchev–Trinajstić information content (AvgIpc) is 2.93. The summed E-state index contributed by atoms with van der Waals surface area (Å²) in [6.45, 7) is 1.65. The molecule has 0 radical (unpaired) electrons. The second kappa shape index (κ2) is 7.06. The van der Waals surface area contributed by atoms with Gasteiger partial charge in [0.25, 0.3) is 5.91 Å². The van der Waals surface area contributed by atoms with Crippen molar-refractivity contribution in [1.82, 2.24) is 9.12 Å². The van der Waals surface area contributed by atoms with Gasteiger partial charge in [-0.05, 0) is 30.7 Å². The zero-order chi connectivity index (χ0) is 18.7. The van der Waals surface area contributed by atoms with Gasteiger partial charge in [0.05, 0.1) is 22.3 Å². The number of nitriles is 1. The van der Waals surface area contributed by atoms with Crippen LogP contribution in [0.25, 0.3) is 16.4 Å². The first-order chi connectivity index (χ1) is 12.5. The van der Waals surface area contributed by atoms with Crippen LogP contribution in [0.1, 0.15) is 23.7 Å². The molecule has 0 aliphatic rings. The molecule has 1 N–H and O–H groups in total. The quantitative estimate of drug-likeness (QED) is 0.717. The molecule has 1 aromatic carbocycles. The Morgan fingerprint density at radius 2 is 2.08 bits per heavy atom. The molecule has 26 heavy (non-hydrogen) atoms. The minimum Gasteiger partial charge on any atom is -0.479 e. The third-order valence-corrected chi connectivity index (χ3v) is 5.31. The van der Waals surface area contributed by atoms with Crippen molar-refractivity contribution in [3.8, 4) is 11.8 Å². The van der Waals surface area contributed by atoms with Crippen LogP contribution in [-0.4, -0.2) is 31.1 Å². The number of carbonyl (C=O) groups is 1. The van der Waals surface area contributed by atoms with E-state index < -0.39 is 15.9 Å². The van der Waals surface area contributed by atoms with E-state index in [0.717, 1.165) is 0 Å². The highest BCUT2D eigenvalue weighted by Gasteiger charge is 2.22. The number of aromatic nitrogens is 1. The Labute approximate surface area is 150 Å². The average molecular weight is 371 g/mol. The predicted molar refractivity (Wildman–Crippen MR) is 97.6 cm³/mol. The highest BCUT2D eigenvalue weighted by molar-refractivity contribution is 7.90. The molecular formula is C18H17N3O4S. The van der Waals surface area contributed by atoms with Gasteiger partial charge in [0.1, 0.15) is 11.8 Å². The number of benzene rings is 1. The molecule has 0 unspecified atom stereocenters. The lowest BCUT2D eigenvalue weighted by Crippen LogP contribution is -2.32. The molecule has 0 fully saturated rings. The molecule has 8 heteroatoms. The molecular weight excluding hydrogens is 354 g/mol. The van der Waals surface area contributed by atoms with Crippen molar-refractivity contribution in [2.45, 2.75) is 13.3 Å². The van der Waals surface area contributed by atoms with Gasteiger partial charge in [0.2, 0.25) is 10.0 Å². The van der Waals surface area contributed by atoms with Crippen molar-refractivity contribution in [3.63, 3.8) is 0 Å². The van der Waals surface area contributed by atoms with Gasteiger partial charge in [0, 0.05) is 17.6 Å². The van der Waals surface area contributed by atoms with Crippen molar-refractivity contribution in [3.05, 3.63) is 48.2 Å². The number of carbonyl (C=O) groups excluding carboxylic acids is 1. The first-order valence-corrected chi connectivity index (χ1v) is 9.69. The molecule has 2 aromatic heterocycles. The summed E-state index contributed by atoms with van der Waals surface area (Å²) in [5.41, 5.74) is 1.56. The van der Waals surface area contributed by atoms with Crippen LogP contribution in [0, 0.1) is 11.3 Å². The zero-order valence-corrected chi connectivity index (χ0v) is 14.9. The van der Waals surface area contributed by atoms with Crippen LogP contribution in [0.5, 0.6) is 5.75 Å². The third-order valence-electron chi connectivity index (χ3n) is 3.87. The maximum absolute atomic E-state index is 12.7. The minimum absolute atomic E-state index is 0.0859. The van der Waals surface area contributed by atoms with E-state index in [0.29, 0.717) is 28.6 Å². The Morgan fingerprint density at radius 1 is 1.27 bits per heavy atom. The Kier molecular flexibility index (Phi) is 4.82. The predicted octanol–water partition coefficient (Wildman–Crippen LogP) is 2.46. The second-order valence-electron chi connectivity index (χ2n) is 5.71. The van der Waals surface area contributed by atoms with E-state index in [2.05, 4.69) is 4.72 Å². The van der Waals surface area contributed by atoms with Crippen LogP contribution in [0.4, 0.5) is 0 Å². The van der Waals surface area contributed by atoms with E-state index >= 15 is 0 Å². The highest BCUT2D eigenvalue weighted by atomic mass is 32.2. The Bertz CT molecular complexity index is 1130. The molecule has 0 aliphatic heterocycles. The summed E-state index contributed by atoms with van der Waals surface area (Å²) in [6.07, 6.45) is 2.20. The molecule has 0 spiro atoms. The van der Waals surface area contributed by atoms with Gasteiger partial charge >= 0.3 is 0 Å². The topological polar surface area (TPSA) is 101 Å². The van der Waals surface area contributed by atoms with E-state index in [9.17, 15) is 13.2 Å². The summed E-state index contributed by atoms with van der Waals surface area (Å²) in [6, 6.07) is 12.3. The molecule has 7 nitrogen and oxygen atoms in total. The fraction of sp³-hybridized carbons (Fsp3) is 0.222. The van der Waals surface area contributed by atoms with Crippen molar-refractivity contribution in [1.29, 1.82) is 5.26 Å². The van der Waals surface area contributed by atoms with Crippen molar-refractivity contribution < 1.29 is 17.9 Å². The number of hydrogen-bond donors (Lipinski definition) is 1. The number of pyridine rings is 1. The summed E-state index contributed by atoms with van der Waals surface area (Å²) in [5.74, 6) is -0.287. The molecule has 0 bridgehead atoms. The second-order valence-corrected chi connectivity index (χ2v) is 7.55. The van der Waals surface area contributed by atoms with Crippen LogP contribution < -0.4 is 9.46 Å². The number of sulfonamides is 1. The molecule has 0 aliphatic carbocycles. The zero-order valence-electron chi connectivity index (χ0n) is 14.1. The van der Waals surface area contributed by atoms with Crippen LogP contribution >= 0.6 is 0 Å². The monoisotopic (exact) mass is 371 g/mol. The summed E-state index contributed by atoms with van der Waals surface area (Å²) < 4.78 is 33.2. The van der Waals surface area contributed by atoms with Crippen LogP contribution in [0.15, 0.2) is 42.6 Å². The van der Waals surface area contributed by atoms with E-state index in [1.54, 1.807) is 47.9 Å². The van der Waals surface area contributed by atoms with Gasteiger partial charge < -0.3 is 9.14 Å². The van der Waals surface area contributed by atoms with E-state index in [4.69, 9.17) is 10.00 Å². The lowest BCUT2D eigenvalue weighted by molar-refractivity contribution is 0.0984. The highest BCUT2D eigenvalue weighted by Crippen LogP contribution is 2.29. The Hall–Kier alpha value is -3.05. The van der Waals surface area contributed by atoms with Crippen LogP contribution in [0.3, 0.4) is 0 Å². The smallest absolute Gasteiger partial charge is 0.267 e. The first kappa shape index (κ1) is 17.8. The summed E-state index contributed by atoms with van der Waals surface area (Å²) in [5, 5.41) is 9.25. The van der Waals surface area contributed by atoms with E-state index in [-0.39, 0.29) is 17.9 Å². The van der Waals surface area contributed by atoms with Gasteiger partial charge in [-0.25, -0.2) is 13.1 Å². The van der Waals surface area contributed by atoms with Gasteiger partial charge in [-0.1, -0.05) is 13.0 Å². The Balaban J connectivity index is 2.15. The first-order valence-electron chi connectivity index (χ1n) is 8.04. The maximum atomic E-state index is 12.7. The summed E-state index contributed by atoms with van der Waals surface area (Å²) >= 11 is 0. The molecule has 134 valence electrons. The number of nitrogens with zero attached hydrogens (tertiary/aromatic N) is 2. The summed E-state index contributed by atoms with van der Waals surface area (Å²) in [4.78, 5) is 12.7. The fourth-order valence-electron chi connectivity index (χ4n) is 2.87. The molecule has 3 rings (SSSR count). The summed E-state index contributed by atoms with van der Waals surface area (Å²) in [7, 11) is -3.68. The van der Waals surface area contributed by atoms with Gasteiger partial charge in [0.15, 0.2) is 6.61 Å². The van der Waals surface area contributed by atoms with Crippen molar-refractivity contribution >= 4 is 32.4 Å².